The molecule has 2 aromatic rings. The second-order valence-electron chi connectivity index (χ2n) is 7.85. The fourth-order valence-electron chi connectivity index (χ4n) is 3.80. The van der Waals surface area contributed by atoms with E-state index < -0.39 is 9.84 Å². The quantitative estimate of drug-likeness (QED) is 0.837. The topological polar surface area (TPSA) is 84.1 Å². The van der Waals surface area contributed by atoms with Crippen LogP contribution in [0.2, 0.25) is 0 Å². The standard InChI is InChI=1S/C22H23NO4S/c1-28(26,27)18-8-5-16(6-9-18)20(13-14-2-7-17(24)12-14)21-11-10-19(15-3-4-15)22(25)23-21/h5-6,8-11,13-15H,2-4,7,12H2,1H3,(H,23,25)/b20-13-/t14-/m0/s1. The van der Waals surface area contributed by atoms with E-state index in [1.165, 1.54) is 6.26 Å². The van der Waals surface area contributed by atoms with Gasteiger partial charge in [0.25, 0.3) is 5.56 Å². The van der Waals surface area contributed by atoms with Gasteiger partial charge in [-0.15, -0.1) is 0 Å². The van der Waals surface area contributed by atoms with E-state index in [1.807, 2.05) is 18.2 Å². The van der Waals surface area contributed by atoms with Crippen molar-refractivity contribution >= 4 is 21.2 Å². The van der Waals surface area contributed by atoms with Gasteiger partial charge in [0.1, 0.15) is 5.78 Å². The first-order valence-corrected chi connectivity index (χ1v) is 11.5. The number of sulfone groups is 1. The molecule has 1 aromatic carbocycles. The predicted octanol–water partition coefficient (Wildman–Crippen LogP) is 3.46. The Morgan fingerprint density at radius 3 is 2.29 bits per heavy atom. The molecule has 0 aliphatic heterocycles. The second-order valence-corrected chi connectivity index (χ2v) is 9.86. The predicted molar refractivity (Wildman–Crippen MR) is 108 cm³/mol. The molecule has 6 heteroatoms. The molecule has 0 bridgehead atoms. The van der Waals surface area contributed by atoms with Gasteiger partial charge in [-0.05, 0) is 54.9 Å². The summed E-state index contributed by atoms with van der Waals surface area (Å²) in [5, 5.41) is 0. The van der Waals surface area contributed by atoms with Crippen molar-refractivity contribution in [2.24, 2.45) is 5.92 Å². The Hall–Kier alpha value is -2.47. The van der Waals surface area contributed by atoms with E-state index in [9.17, 15) is 18.0 Å². The number of H-pyrrole nitrogens is 1. The zero-order chi connectivity index (χ0) is 19.9. The van der Waals surface area contributed by atoms with Gasteiger partial charge < -0.3 is 4.98 Å². The van der Waals surface area contributed by atoms with Crippen LogP contribution < -0.4 is 5.56 Å². The Morgan fingerprint density at radius 1 is 1.04 bits per heavy atom. The highest BCUT2D eigenvalue weighted by atomic mass is 32.2. The maximum absolute atomic E-state index is 12.5. The molecule has 146 valence electrons. The Kier molecular flexibility index (Phi) is 4.83. The minimum Gasteiger partial charge on any atom is -0.322 e. The van der Waals surface area contributed by atoms with Crippen molar-refractivity contribution in [1.82, 2.24) is 4.98 Å². The Bertz CT molecular complexity index is 1110. The number of benzene rings is 1. The molecule has 2 aliphatic rings. The number of carbonyl (C=O) groups excluding carboxylic acids is 1. The molecule has 5 nitrogen and oxygen atoms in total. The number of aromatic amines is 1. The average Bonchev–Trinajstić information content (AvgIpc) is 3.40. The molecule has 1 aromatic heterocycles. The largest absolute Gasteiger partial charge is 0.322 e. The number of hydrogen-bond donors (Lipinski definition) is 1. The first kappa shape index (κ1) is 18.9. The van der Waals surface area contributed by atoms with E-state index in [4.69, 9.17) is 0 Å². The lowest BCUT2D eigenvalue weighted by molar-refractivity contribution is -0.117. The van der Waals surface area contributed by atoms with Crippen molar-refractivity contribution in [2.75, 3.05) is 6.26 Å². The third kappa shape index (κ3) is 4.02. The third-order valence-electron chi connectivity index (χ3n) is 5.53. The lowest BCUT2D eigenvalue weighted by Crippen LogP contribution is -2.13. The van der Waals surface area contributed by atoms with Crippen molar-refractivity contribution in [3.63, 3.8) is 0 Å². The highest BCUT2D eigenvalue weighted by molar-refractivity contribution is 7.90. The summed E-state index contributed by atoms with van der Waals surface area (Å²) in [5.74, 6) is 0.751. The number of nitrogens with one attached hydrogen (secondary N) is 1. The minimum atomic E-state index is -3.28. The van der Waals surface area contributed by atoms with E-state index in [2.05, 4.69) is 4.98 Å². The number of carbonyl (C=O) groups is 1. The molecule has 1 atom stereocenters. The van der Waals surface area contributed by atoms with Gasteiger partial charge in [-0.25, -0.2) is 8.42 Å². The number of rotatable bonds is 5. The third-order valence-corrected chi connectivity index (χ3v) is 6.66. The van der Waals surface area contributed by atoms with Gasteiger partial charge in [0.15, 0.2) is 9.84 Å². The van der Waals surface area contributed by atoms with Crippen molar-refractivity contribution in [3.05, 3.63) is 69.6 Å². The van der Waals surface area contributed by atoms with Gasteiger partial charge in [0.2, 0.25) is 0 Å². The number of hydrogen-bond acceptors (Lipinski definition) is 4. The summed E-state index contributed by atoms with van der Waals surface area (Å²) in [6.45, 7) is 0. The van der Waals surface area contributed by atoms with E-state index in [-0.39, 0.29) is 22.2 Å². The summed E-state index contributed by atoms with van der Waals surface area (Å²) in [7, 11) is -3.28. The van der Waals surface area contributed by atoms with Crippen LogP contribution in [0.15, 0.2) is 52.2 Å². The fourth-order valence-corrected chi connectivity index (χ4v) is 4.43. The lowest BCUT2D eigenvalue weighted by Gasteiger charge is -2.13. The zero-order valence-corrected chi connectivity index (χ0v) is 16.6. The highest BCUT2D eigenvalue weighted by Gasteiger charge is 2.27. The summed E-state index contributed by atoms with van der Waals surface area (Å²) >= 11 is 0. The molecule has 1 heterocycles. The summed E-state index contributed by atoms with van der Waals surface area (Å²) in [6, 6.07) is 10.5. The lowest BCUT2D eigenvalue weighted by atomic mass is 9.95. The highest BCUT2D eigenvalue weighted by Crippen LogP contribution is 2.38. The first-order valence-electron chi connectivity index (χ1n) is 9.59. The van der Waals surface area contributed by atoms with Crippen LogP contribution in [0.1, 0.15) is 54.8 Å². The molecule has 0 unspecified atom stereocenters. The van der Waals surface area contributed by atoms with Gasteiger partial charge in [0, 0.05) is 35.9 Å². The van der Waals surface area contributed by atoms with Crippen LogP contribution in [0.25, 0.3) is 5.57 Å². The monoisotopic (exact) mass is 397 g/mol. The fraction of sp³-hybridized carbons (Fsp3) is 0.364. The van der Waals surface area contributed by atoms with Crippen LogP contribution in [0.4, 0.5) is 0 Å². The van der Waals surface area contributed by atoms with E-state index >= 15 is 0 Å². The summed E-state index contributed by atoms with van der Waals surface area (Å²) < 4.78 is 23.5. The van der Waals surface area contributed by atoms with Crippen LogP contribution >= 0.6 is 0 Å². The molecular weight excluding hydrogens is 374 g/mol. The number of allylic oxidation sites excluding steroid dienone is 1. The summed E-state index contributed by atoms with van der Waals surface area (Å²) in [5.41, 5.74) is 3.11. The van der Waals surface area contributed by atoms with Gasteiger partial charge in [-0.3, -0.25) is 9.59 Å². The minimum absolute atomic E-state index is 0.0684. The van der Waals surface area contributed by atoms with Gasteiger partial charge in [-0.2, -0.15) is 0 Å². The maximum atomic E-state index is 12.5. The molecule has 2 aliphatic carbocycles. The number of aromatic nitrogens is 1. The van der Waals surface area contributed by atoms with Gasteiger partial charge in [0.05, 0.1) is 4.90 Å². The normalized spacial score (nSPS) is 20.5. The number of pyridine rings is 1. The molecule has 2 saturated carbocycles. The Morgan fingerprint density at radius 2 is 1.75 bits per heavy atom. The number of Topliss-reactive ketones (excluding diaryl/α,β-unsaturated/α-hetero) is 1. The van der Waals surface area contributed by atoms with Gasteiger partial charge >= 0.3 is 0 Å². The summed E-state index contributed by atoms with van der Waals surface area (Å²) in [4.78, 5) is 27.5. The number of ketones is 1. The van der Waals surface area contributed by atoms with Crippen LogP contribution in [0, 0.1) is 5.92 Å². The Balaban J connectivity index is 1.76. The molecule has 0 amide bonds. The van der Waals surface area contributed by atoms with Crippen molar-refractivity contribution < 1.29 is 13.2 Å². The molecule has 4 rings (SSSR count). The van der Waals surface area contributed by atoms with Crippen molar-refractivity contribution in [2.45, 2.75) is 42.9 Å². The van der Waals surface area contributed by atoms with Crippen molar-refractivity contribution in [1.29, 1.82) is 0 Å². The molecule has 2 fully saturated rings. The van der Waals surface area contributed by atoms with Crippen LogP contribution in [-0.2, 0) is 14.6 Å². The van der Waals surface area contributed by atoms with Crippen molar-refractivity contribution in [3.8, 4) is 0 Å². The summed E-state index contributed by atoms with van der Waals surface area (Å²) in [6.07, 6.45) is 7.23. The van der Waals surface area contributed by atoms with E-state index in [0.717, 1.165) is 36.0 Å². The van der Waals surface area contributed by atoms with Crippen LogP contribution in [0.5, 0.6) is 0 Å². The Labute approximate surface area is 164 Å². The first-order chi connectivity index (χ1) is 13.3. The SMILES string of the molecule is CS(=O)(=O)c1ccc(/C(=C/[C@H]2CCC(=O)C2)c2ccc(C3CC3)c(=O)[nH]2)cc1. The molecule has 0 saturated heterocycles. The van der Waals surface area contributed by atoms with Crippen LogP contribution in [-0.4, -0.2) is 25.4 Å². The molecule has 1 N–H and O–H groups in total. The molecular formula is C22H23NO4S. The zero-order valence-electron chi connectivity index (χ0n) is 15.8. The smallest absolute Gasteiger partial charge is 0.251 e. The van der Waals surface area contributed by atoms with Gasteiger partial charge in [-0.1, -0.05) is 24.3 Å². The average molecular weight is 397 g/mol. The maximum Gasteiger partial charge on any atom is 0.251 e. The van der Waals surface area contributed by atoms with E-state index in [1.54, 1.807) is 24.3 Å². The molecule has 28 heavy (non-hydrogen) atoms. The molecule has 0 spiro atoms. The van der Waals surface area contributed by atoms with E-state index in [0.29, 0.717) is 24.5 Å². The second kappa shape index (κ2) is 7.17. The molecule has 0 radical (unpaired) electrons. The van der Waals surface area contributed by atoms with Crippen LogP contribution in [0.3, 0.4) is 0 Å².